The van der Waals surface area contributed by atoms with Crippen molar-refractivity contribution in [3.05, 3.63) is 89.0 Å². The highest BCUT2D eigenvalue weighted by atomic mass is 35.5. The van der Waals surface area contributed by atoms with Gasteiger partial charge in [-0.2, -0.15) is 0 Å². The standard InChI is InChI=1S/C23H26ClN5O/c1-2-25-23(27-13-11-18-9-10-22(24)28-15-18)29-16-19-6-5-8-21(14-19)30-17-20-7-3-4-12-26-20/h3-10,12,14-15H,2,11,13,16-17H2,1H3,(H2,25,27,29). The van der Waals surface area contributed by atoms with Crippen molar-refractivity contribution in [2.24, 2.45) is 4.99 Å². The summed E-state index contributed by atoms with van der Waals surface area (Å²) in [4.78, 5) is 13.1. The third-order valence-corrected chi connectivity index (χ3v) is 4.49. The molecule has 1 aromatic carbocycles. The Morgan fingerprint density at radius 3 is 2.73 bits per heavy atom. The van der Waals surface area contributed by atoms with Crippen molar-refractivity contribution in [3.63, 3.8) is 0 Å². The molecule has 3 aromatic rings. The summed E-state index contributed by atoms with van der Waals surface area (Å²) < 4.78 is 5.85. The summed E-state index contributed by atoms with van der Waals surface area (Å²) >= 11 is 5.83. The first-order valence-electron chi connectivity index (χ1n) is 9.97. The average Bonchev–Trinajstić information content (AvgIpc) is 2.78. The van der Waals surface area contributed by atoms with Gasteiger partial charge in [-0.05, 0) is 54.8 Å². The second-order valence-corrected chi connectivity index (χ2v) is 7.01. The normalized spacial score (nSPS) is 11.2. The molecular weight excluding hydrogens is 398 g/mol. The minimum absolute atomic E-state index is 0.442. The van der Waals surface area contributed by atoms with Crippen LogP contribution < -0.4 is 15.4 Å². The molecule has 0 atom stereocenters. The van der Waals surface area contributed by atoms with E-state index in [0.29, 0.717) is 18.3 Å². The van der Waals surface area contributed by atoms with Crippen LogP contribution in [0.5, 0.6) is 5.75 Å². The van der Waals surface area contributed by atoms with Crippen molar-refractivity contribution in [1.29, 1.82) is 0 Å². The van der Waals surface area contributed by atoms with Crippen LogP contribution >= 0.6 is 11.6 Å². The van der Waals surface area contributed by atoms with Gasteiger partial charge in [-0.3, -0.25) is 4.98 Å². The molecule has 0 aliphatic carbocycles. The number of aromatic nitrogens is 2. The summed E-state index contributed by atoms with van der Waals surface area (Å²) in [7, 11) is 0. The van der Waals surface area contributed by atoms with E-state index < -0.39 is 0 Å². The smallest absolute Gasteiger partial charge is 0.191 e. The molecule has 0 radical (unpaired) electrons. The van der Waals surface area contributed by atoms with Gasteiger partial charge in [-0.1, -0.05) is 35.9 Å². The van der Waals surface area contributed by atoms with Crippen LogP contribution in [-0.2, 0) is 19.6 Å². The van der Waals surface area contributed by atoms with Gasteiger partial charge < -0.3 is 15.4 Å². The van der Waals surface area contributed by atoms with Crippen molar-refractivity contribution in [3.8, 4) is 5.75 Å². The fourth-order valence-corrected chi connectivity index (χ4v) is 2.88. The summed E-state index contributed by atoms with van der Waals surface area (Å²) in [6.45, 7) is 4.59. The number of nitrogens with one attached hydrogen (secondary N) is 2. The van der Waals surface area contributed by atoms with Crippen LogP contribution in [-0.4, -0.2) is 29.0 Å². The van der Waals surface area contributed by atoms with Crippen LogP contribution in [0.3, 0.4) is 0 Å². The molecule has 7 heteroatoms. The maximum absolute atomic E-state index is 5.85. The molecule has 6 nitrogen and oxygen atoms in total. The molecule has 0 unspecified atom stereocenters. The Morgan fingerprint density at radius 1 is 1.03 bits per heavy atom. The van der Waals surface area contributed by atoms with Crippen molar-refractivity contribution in [2.45, 2.75) is 26.5 Å². The Morgan fingerprint density at radius 2 is 1.97 bits per heavy atom. The second-order valence-electron chi connectivity index (χ2n) is 6.62. The van der Waals surface area contributed by atoms with Gasteiger partial charge in [0, 0.05) is 25.5 Å². The number of benzene rings is 1. The fraction of sp³-hybridized carbons (Fsp3) is 0.261. The first kappa shape index (κ1) is 21.6. The minimum Gasteiger partial charge on any atom is -0.487 e. The van der Waals surface area contributed by atoms with E-state index in [1.54, 1.807) is 18.5 Å². The van der Waals surface area contributed by atoms with Gasteiger partial charge in [0.1, 0.15) is 17.5 Å². The minimum atomic E-state index is 0.442. The van der Waals surface area contributed by atoms with E-state index in [2.05, 4.69) is 25.6 Å². The fourth-order valence-electron chi connectivity index (χ4n) is 2.77. The molecule has 30 heavy (non-hydrogen) atoms. The van der Waals surface area contributed by atoms with Crippen LogP contribution in [0.25, 0.3) is 0 Å². The SMILES string of the molecule is CCNC(=NCc1cccc(OCc2ccccn2)c1)NCCc1ccc(Cl)nc1. The summed E-state index contributed by atoms with van der Waals surface area (Å²) in [5.41, 5.74) is 3.10. The van der Waals surface area contributed by atoms with Gasteiger partial charge in [0.25, 0.3) is 0 Å². The van der Waals surface area contributed by atoms with Gasteiger partial charge >= 0.3 is 0 Å². The Hall–Kier alpha value is -3.12. The molecule has 156 valence electrons. The Balaban J connectivity index is 1.52. The second kappa shape index (κ2) is 11.8. The molecule has 0 fully saturated rings. The Bertz CT molecular complexity index is 932. The number of hydrogen-bond donors (Lipinski definition) is 2. The van der Waals surface area contributed by atoms with E-state index in [0.717, 1.165) is 48.0 Å². The van der Waals surface area contributed by atoms with Crippen LogP contribution in [0.15, 0.2) is 72.0 Å². The lowest BCUT2D eigenvalue weighted by Gasteiger charge is -2.12. The molecule has 2 aromatic heterocycles. The largest absolute Gasteiger partial charge is 0.487 e. The van der Waals surface area contributed by atoms with E-state index in [1.165, 1.54) is 0 Å². The highest BCUT2D eigenvalue weighted by Crippen LogP contribution is 2.15. The highest BCUT2D eigenvalue weighted by molar-refractivity contribution is 6.29. The van der Waals surface area contributed by atoms with E-state index in [-0.39, 0.29) is 0 Å². The lowest BCUT2D eigenvalue weighted by Crippen LogP contribution is -2.38. The summed E-state index contributed by atoms with van der Waals surface area (Å²) in [6, 6.07) is 17.6. The Labute approximate surface area is 182 Å². The number of rotatable bonds is 9. The quantitative estimate of drug-likeness (QED) is 0.309. The molecule has 0 aliphatic rings. The number of halogens is 1. The van der Waals surface area contributed by atoms with E-state index in [1.807, 2.05) is 55.5 Å². The third-order valence-electron chi connectivity index (χ3n) is 4.27. The maximum atomic E-state index is 5.85. The van der Waals surface area contributed by atoms with Crippen molar-refractivity contribution in [1.82, 2.24) is 20.6 Å². The average molecular weight is 424 g/mol. The van der Waals surface area contributed by atoms with E-state index >= 15 is 0 Å². The summed E-state index contributed by atoms with van der Waals surface area (Å²) in [6.07, 6.45) is 4.40. The lowest BCUT2D eigenvalue weighted by atomic mass is 10.2. The zero-order valence-electron chi connectivity index (χ0n) is 17.0. The monoisotopic (exact) mass is 423 g/mol. The van der Waals surface area contributed by atoms with E-state index in [4.69, 9.17) is 16.3 Å². The molecule has 0 saturated carbocycles. The molecule has 2 heterocycles. The van der Waals surface area contributed by atoms with Gasteiger partial charge in [-0.15, -0.1) is 0 Å². The molecule has 0 spiro atoms. The van der Waals surface area contributed by atoms with Crippen molar-refractivity contribution in [2.75, 3.05) is 13.1 Å². The molecular formula is C23H26ClN5O. The van der Waals surface area contributed by atoms with Crippen molar-refractivity contribution >= 4 is 17.6 Å². The molecule has 0 saturated heterocycles. The zero-order chi connectivity index (χ0) is 21.0. The Kier molecular flexibility index (Phi) is 8.47. The van der Waals surface area contributed by atoms with Crippen LogP contribution in [0.4, 0.5) is 0 Å². The van der Waals surface area contributed by atoms with Crippen LogP contribution in [0.1, 0.15) is 23.7 Å². The van der Waals surface area contributed by atoms with Crippen LogP contribution in [0, 0.1) is 0 Å². The maximum Gasteiger partial charge on any atom is 0.191 e. The molecule has 0 bridgehead atoms. The lowest BCUT2D eigenvalue weighted by molar-refractivity contribution is 0.301. The van der Waals surface area contributed by atoms with E-state index in [9.17, 15) is 0 Å². The first-order chi connectivity index (χ1) is 14.7. The highest BCUT2D eigenvalue weighted by Gasteiger charge is 2.01. The van der Waals surface area contributed by atoms with Gasteiger partial charge in [0.2, 0.25) is 0 Å². The van der Waals surface area contributed by atoms with Gasteiger partial charge in [0.15, 0.2) is 5.96 Å². The molecule has 3 rings (SSSR count). The number of pyridine rings is 2. The number of guanidine groups is 1. The predicted octanol–water partition coefficient (Wildman–Crippen LogP) is 4.01. The molecule has 2 N–H and O–H groups in total. The number of nitrogens with zero attached hydrogens (tertiary/aromatic N) is 3. The van der Waals surface area contributed by atoms with Crippen LogP contribution in [0.2, 0.25) is 5.15 Å². The topological polar surface area (TPSA) is 71.4 Å². The first-order valence-corrected chi connectivity index (χ1v) is 10.3. The molecule has 0 aliphatic heterocycles. The van der Waals surface area contributed by atoms with Gasteiger partial charge in [0.05, 0.1) is 12.2 Å². The summed E-state index contributed by atoms with van der Waals surface area (Å²) in [5, 5.41) is 7.13. The molecule has 0 amide bonds. The predicted molar refractivity (Wildman–Crippen MR) is 121 cm³/mol. The number of aliphatic imine (C=N–C) groups is 1. The number of ether oxygens (including phenoxy) is 1. The number of hydrogen-bond acceptors (Lipinski definition) is 4. The zero-order valence-corrected chi connectivity index (χ0v) is 17.8. The summed E-state index contributed by atoms with van der Waals surface area (Å²) in [5.74, 6) is 1.58. The third kappa shape index (κ3) is 7.37. The van der Waals surface area contributed by atoms with Crippen molar-refractivity contribution < 1.29 is 4.74 Å². The van der Waals surface area contributed by atoms with Gasteiger partial charge in [-0.25, -0.2) is 9.98 Å².